The SMILES string of the molecule is COC(=O)CCCCCCC1SCC(=O)N1CCC(O)CCCCC(F)(F)F. The predicted octanol–water partition coefficient (Wildman–Crippen LogP) is 4.28. The van der Waals surface area contributed by atoms with Crippen molar-refractivity contribution in [2.45, 2.75) is 88.3 Å². The number of halogens is 3. The molecule has 0 spiro atoms. The molecule has 0 aromatic rings. The maximum atomic E-state index is 12.1. The second-order valence-electron chi connectivity index (χ2n) is 7.19. The predicted molar refractivity (Wildman–Crippen MR) is 103 cm³/mol. The summed E-state index contributed by atoms with van der Waals surface area (Å²) < 4.78 is 40.9. The zero-order valence-corrected chi connectivity index (χ0v) is 17.3. The average molecular weight is 428 g/mol. The summed E-state index contributed by atoms with van der Waals surface area (Å²) in [5, 5.41) is 10.1. The van der Waals surface area contributed by atoms with Gasteiger partial charge in [-0.3, -0.25) is 9.59 Å². The molecule has 0 aliphatic carbocycles. The molecule has 0 aromatic heterocycles. The summed E-state index contributed by atoms with van der Waals surface area (Å²) in [7, 11) is 1.38. The third-order valence-corrected chi connectivity index (χ3v) is 6.12. The van der Waals surface area contributed by atoms with E-state index in [1.165, 1.54) is 7.11 Å². The highest BCUT2D eigenvalue weighted by Crippen LogP contribution is 2.30. The van der Waals surface area contributed by atoms with Crippen molar-refractivity contribution in [3.8, 4) is 0 Å². The van der Waals surface area contributed by atoms with Crippen LogP contribution >= 0.6 is 11.8 Å². The molecule has 9 heteroatoms. The third-order valence-electron chi connectivity index (χ3n) is 4.83. The Morgan fingerprint density at radius 2 is 1.93 bits per heavy atom. The van der Waals surface area contributed by atoms with Gasteiger partial charge in [-0.1, -0.05) is 25.7 Å². The van der Waals surface area contributed by atoms with Gasteiger partial charge in [0.15, 0.2) is 0 Å². The normalized spacial score (nSPS) is 18.5. The average Bonchev–Trinajstić information content (AvgIpc) is 2.98. The topological polar surface area (TPSA) is 66.8 Å². The summed E-state index contributed by atoms with van der Waals surface area (Å²) in [6.07, 6.45) is 0.437. The number of hydrogen-bond donors (Lipinski definition) is 1. The monoisotopic (exact) mass is 427 g/mol. The van der Waals surface area contributed by atoms with E-state index in [0.717, 1.165) is 32.1 Å². The van der Waals surface area contributed by atoms with Gasteiger partial charge in [0.25, 0.3) is 0 Å². The molecule has 2 atom stereocenters. The Labute approximate surface area is 169 Å². The van der Waals surface area contributed by atoms with Gasteiger partial charge in [0.1, 0.15) is 0 Å². The number of esters is 1. The Balaban J connectivity index is 2.18. The second-order valence-corrected chi connectivity index (χ2v) is 8.35. The van der Waals surface area contributed by atoms with E-state index >= 15 is 0 Å². The van der Waals surface area contributed by atoms with Gasteiger partial charge >= 0.3 is 12.1 Å². The van der Waals surface area contributed by atoms with Gasteiger partial charge in [-0.25, -0.2) is 0 Å². The van der Waals surface area contributed by atoms with Gasteiger partial charge in [-0.05, 0) is 32.1 Å². The zero-order valence-electron chi connectivity index (χ0n) is 16.5. The number of carbonyl (C=O) groups excluding carboxylic acids is 2. The largest absolute Gasteiger partial charge is 0.469 e. The molecular formula is C19H32F3NO4S. The highest BCUT2D eigenvalue weighted by atomic mass is 32.2. The fourth-order valence-electron chi connectivity index (χ4n) is 3.19. The molecule has 2 unspecified atom stereocenters. The number of rotatable bonds is 14. The molecule has 1 saturated heterocycles. The van der Waals surface area contributed by atoms with Gasteiger partial charge in [0.2, 0.25) is 5.91 Å². The van der Waals surface area contributed by atoms with Crippen LogP contribution in [0.5, 0.6) is 0 Å². The summed E-state index contributed by atoms with van der Waals surface area (Å²) in [6.45, 7) is 0.444. The molecule has 0 aromatic carbocycles. The summed E-state index contributed by atoms with van der Waals surface area (Å²) in [6, 6.07) is 0. The number of carbonyl (C=O) groups is 2. The van der Waals surface area contributed by atoms with E-state index < -0.39 is 18.7 Å². The molecule has 5 nitrogen and oxygen atoms in total. The number of methoxy groups -OCH3 is 1. The summed E-state index contributed by atoms with van der Waals surface area (Å²) in [5.41, 5.74) is 0. The van der Waals surface area contributed by atoms with E-state index in [1.54, 1.807) is 16.7 Å². The molecule has 1 N–H and O–H groups in total. The molecule has 0 bridgehead atoms. The molecule has 0 saturated carbocycles. The summed E-state index contributed by atoms with van der Waals surface area (Å²) >= 11 is 1.60. The summed E-state index contributed by atoms with van der Waals surface area (Å²) in [4.78, 5) is 24.9. The molecule has 28 heavy (non-hydrogen) atoms. The van der Waals surface area contributed by atoms with Crippen LogP contribution in [0.1, 0.15) is 70.6 Å². The minimum Gasteiger partial charge on any atom is -0.469 e. The van der Waals surface area contributed by atoms with Crippen LogP contribution in [0.2, 0.25) is 0 Å². The number of nitrogens with zero attached hydrogens (tertiary/aromatic N) is 1. The Morgan fingerprint density at radius 3 is 2.61 bits per heavy atom. The van der Waals surface area contributed by atoms with E-state index in [4.69, 9.17) is 0 Å². The van der Waals surface area contributed by atoms with Crippen molar-refractivity contribution in [2.75, 3.05) is 19.4 Å². The first-order chi connectivity index (χ1) is 13.2. The van der Waals surface area contributed by atoms with Crippen LogP contribution in [-0.4, -0.2) is 58.9 Å². The van der Waals surface area contributed by atoms with Crippen molar-refractivity contribution in [3.63, 3.8) is 0 Å². The van der Waals surface area contributed by atoms with Crippen LogP contribution < -0.4 is 0 Å². The molecule has 1 amide bonds. The lowest BCUT2D eigenvalue weighted by atomic mass is 10.1. The third kappa shape index (κ3) is 11.1. The molecule has 1 aliphatic heterocycles. The van der Waals surface area contributed by atoms with Gasteiger partial charge in [-0.2, -0.15) is 13.2 Å². The fourth-order valence-corrected chi connectivity index (χ4v) is 4.43. The van der Waals surface area contributed by atoms with Gasteiger partial charge in [0, 0.05) is 19.4 Å². The number of alkyl halides is 3. The number of aliphatic hydroxyl groups is 1. The Morgan fingerprint density at radius 1 is 1.21 bits per heavy atom. The van der Waals surface area contributed by atoms with Crippen molar-refractivity contribution in [3.05, 3.63) is 0 Å². The van der Waals surface area contributed by atoms with Gasteiger partial charge in [0.05, 0.1) is 24.3 Å². The minimum atomic E-state index is -4.14. The number of hydrogen-bond acceptors (Lipinski definition) is 5. The van der Waals surface area contributed by atoms with E-state index in [9.17, 15) is 27.9 Å². The first-order valence-corrected chi connectivity index (χ1v) is 11.0. The maximum absolute atomic E-state index is 12.1. The number of amides is 1. The first-order valence-electron chi connectivity index (χ1n) is 9.95. The Hall–Kier alpha value is -0.960. The lowest BCUT2D eigenvalue weighted by molar-refractivity contribution is -0.140. The first kappa shape index (κ1) is 25.1. The molecular weight excluding hydrogens is 395 g/mol. The van der Waals surface area contributed by atoms with Crippen molar-refractivity contribution in [1.82, 2.24) is 4.90 Å². The van der Waals surface area contributed by atoms with Crippen LogP contribution in [0.15, 0.2) is 0 Å². The van der Waals surface area contributed by atoms with E-state index in [1.807, 2.05) is 0 Å². The van der Waals surface area contributed by atoms with Crippen LogP contribution in [0.3, 0.4) is 0 Å². The molecule has 1 rings (SSSR count). The number of ether oxygens (including phenoxy) is 1. The highest BCUT2D eigenvalue weighted by molar-refractivity contribution is 8.00. The number of unbranched alkanes of at least 4 members (excludes halogenated alkanes) is 4. The quantitative estimate of drug-likeness (QED) is 0.331. The lowest BCUT2D eigenvalue weighted by Gasteiger charge is -2.25. The van der Waals surface area contributed by atoms with Crippen LogP contribution in [-0.2, 0) is 14.3 Å². The maximum Gasteiger partial charge on any atom is 0.389 e. The standard InChI is InChI=1S/C19H32F3NO4S/c1-27-18(26)10-5-3-2-4-9-17-23(16(25)14-28-17)13-11-15(24)8-6-7-12-19(20,21)22/h15,17,24H,2-14H2,1H3. The Kier molecular flexibility index (Phi) is 11.9. The van der Waals surface area contributed by atoms with Gasteiger partial charge < -0.3 is 14.7 Å². The van der Waals surface area contributed by atoms with Crippen molar-refractivity contribution < 1.29 is 32.6 Å². The zero-order chi connectivity index (χ0) is 21.0. The van der Waals surface area contributed by atoms with E-state index in [-0.39, 0.29) is 23.7 Å². The number of aliphatic hydroxyl groups excluding tert-OH is 1. The summed E-state index contributed by atoms with van der Waals surface area (Å²) in [5.74, 6) is 0.305. The molecule has 164 valence electrons. The van der Waals surface area contributed by atoms with Crippen molar-refractivity contribution >= 4 is 23.6 Å². The van der Waals surface area contributed by atoms with E-state index in [2.05, 4.69) is 4.74 Å². The molecule has 1 heterocycles. The van der Waals surface area contributed by atoms with Crippen molar-refractivity contribution in [1.29, 1.82) is 0 Å². The molecule has 0 radical (unpaired) electrons. The highest BCUT2D eigenvalue weighted by Gasteiger charge is 2.31. The molecule has 1 aliphatic rings. The van der Waals surface area contributed by atoms with Crippen LogP contribution in [0, 0.1) is 0 Å². The van der Waals surface area contributed by atoms with Crippen LogP contribution in [0.4, 0.5) is 13.2 Å². The lowest BCUT2D eigenvalue weighted by Crippen LogP contribution is -2.35. The molecule has 1 fully saturated rings. The second kappa shape index (κ2) is 13.3. The van der Waals surface area contributed by atoms with E-state index in [0.29, 0.717) is 38.0 Å². The smallest absolute Gasteiger partial charge is 0.389 e. The van der Waals surface area contributed by atoms with Crippen molar-refractivity contribution in [2.24, 2.45) is 0 Å². The fraction of sp³-hybridized carbons (Fsp3) is 0.895. The van der Waals surface area contributed by atoms with Crippen LogP contribution in [0.25, 0.3) is 0 Å². The van der Waals surface area contributed by atoms with Gasteiger partial charge in [-0.15, -0.1) is 11.8 Å². The minimum absolute atomic E-state index is 0.0255. The Bertz CT molecular complexity index is 477. The number of thioether (sulfide) groups is 1.